The van der Waals surface area contributed by atoms with Crippen LogP contribution in [0.15, 0.2) is 53.4 Å². The number of benzene rings is 2. The number of carbonyl (C=O) groups is 1. The summed E-state index contributed by atoms with van der Waals surface area (Å²) in [5, 5.41) is 4.41. The molecule has 0 aliphatic carbocycles. The third-order valence-corrected chi connectivity index (χ3v) is 6.35. The van der Waals surface area contributed by atoms with Crippen molar-refractivity contribution >= 4 is 52.6 Å². The van der Waals surface area contributed by atoms with Crippen LogP contribution in [0.2, 0.25) is 10.0 Å². The highest BCUT2D eigenvalue weighted by Gasteiger charge is 2.17. The molecule has 0 saturated heterocycles. The summed E-state index contributed by atoms with van der Waals surface area (Å²) in [6.45, 7) is 2.70. The summed E-state index contributed by atoms with van der Waals surface area (Å²) >= 11 is 15.2. The fourth-order valence-corrected chi connectivity index (χ4v) is 4.30. The lowest BCUT2D eigenvalue weighted by Gasteiger charge is -2.14. The van der Waals surface area contributed by atoms with E-state index in [1.165, 1.54) is 5.56 Å². The maximum atomic E-state index is 12.3. The second kappa shape index (κ2) is 11.0. The largest absolute Gasteiger partial charge is 0.354 e. The molecule has 1 atom stereocenters. The Labute approximate surface area is 168 Å². The highest BCUT2D eigenvalue weighted by atomic mass is 35.5. The number of hydrogen-bond donors (Lipinski definition) is 1. The molecule has 1 amide bonds. The Kier molecular flexibility index (Phi) is 9.04. The molecule has 0 aromatic heterocycles. The van der Waals surface area contributed by atoms with E-state index in [0.717, 1.165) is 27.8 Å². The van der Waals surface area contributed by atoms with Crippen molar-refractivity contribution < 1.29 is 4.79 Å². The lowest BCUT2D eigenvalue weighted by atomic mass is 10.2. The summed E-state index contributed by atoms with van der Waals surface area (Å²) in [4.78, 5) is 13.4. The zero-order valence-electron chi connectivity index (χ0n) is 14.0. The van der Waals surface area contributed by atoms with Crippen molar-refractivity contribution in [1.82, 2.24) is 5.32 Å². The molecule has 0 aliphatic heterocycles. The quantitative estimate of drug-likeness (QED) is 0.408. The van der Waals surface area contributed by atoms with Crippen LogP contribution in [0.5, 0.6) is 0 Å². The molecule has 0 spiro atoms. The van der Waals surface area contributed by atoms with E-state index in [4.69, 9.17) is 23.2 Å². The first-order valence-corrected chi connectivity index (χ1v) is 10.9. The minimum Gasteiger partial charge on any atom is -0.354 e. The van der Waals surface area contributed by atoms with Gasteiger partial charge < -0.3 is 5.32 Å². The van der Waals surface area contributed by atoms with E-state index in [2.05, 4.69) is 11.4 Å². The smallest absolute Gasteiger partial charge is 0.233 e. The van der Waals surface area contributed by atoms with Gasteiger partial charge in [0.05, 0.1) is 5.25 Å². The number of halogens is 2. The Balaban J connectivity index is 1.69. The fourth-order valence-electron chi connectivity index (χ4n) is 2.18. The summed E-state index contributed by atoms with van der Waals surface area (Å²) in [5.41, 5.74) is 1.20. The van der Waals surface area contributed by atoms with Crippen molar-refractivity contribution in [2.24, 2.45) is 0 Å². The molecule has 0 heterocycles. The van der Waals surface area contributed by atoms with Crippen LogP contribution in [-0.4, -0.2) is 23.5 Å². The summed E-state index contributed by atoms with van der Waals surface area (Å²) in [6.07, 6.45) is 0.786. The van der Waals surface area contributed by atoms with Crippen molar-refractivity contribution in [3.8, 4) is 0 Å². The zero-order valence-corrected chi connectivity index (χ0v) is 17.2. The van der Waals surface area contributed by atoms with Gasteiger partial charge in [0.2, 0.25) is 5.91 Å². The molecule has 2 nitrogen and oxygen atoms in total. The first-order valence-electron chi connectivity index (χ1n) is 8.10. The van der Waals surface area contributed by atoms with Crippen molar-refractivity contribution in [3.63, 3.8) is 0 Å². The van der Waals surface area contributed by atoms with E-state index < -0.39 is 0 Å². The van der Waals surface area contributed by atoms with Crippen molar-refractivity contribution in [3.05, 3.63) is 64.1 Å². The summed E-state index contributed by atoms with van der Waals surface area (Å²) in [7, 11) is 0. The number of thioether (sulfide) groups is 2. The average molecular weight is 414 g/mol. The monoisotopic (exact) mass is 413 g/mol. The number of carbonyl (C=O) groups excluding carboxylic acids is 1. The summed E-state index contributed by atoms with van der Waals surface area (Å²) < 4.78 is 0. The highest BCUT2D eigenvalue weighted by molar-refractivity contribution is 8.00. The van der Waals surface area contributed by atoms with E-state index in [9.17, 15) is 4.79 Å². The topological polar surface area (TPSA) is 29.1 Å². The number of amides is 1. The molecule has 0 unspecified atom stereocenters. The molecule has 0 aliphatic rings. The lowest BCUT2D eigenvalue weighted by Crippen LogP contribution is -2.33. The molecule has 2 rings (SSSR count). The third-order valence-electron chi connectivity index (χ3n) is 3.46. The number of rotatable bonds is 9. The highest BCUT2D eigenvalue weighted by Crippen LogP contribution is 2.26. The van der Waals surface area contributed by atoms with Crippen LogP contribution in [0.25, 0.3) is 0 Å². The van der Waals surface area contributed by atoms with Gasteiger partial charge in [-0.05, 0) is 48.4 Å². The van der Waals surface area contributed by atoms with Gasteiger partial charge in [0, 0.05) is 33.0 Å². The summed E-state index contributed by atoms with van der Waals surface area (Å²) in [6, 6.07) is 15.5. The number of nitrogens with one attached hydrogen (secondary N) is 1. The second-order valence-corrected chi connectivity index (χ2v) is 8.70. The van der Waals surface area contributed by atoms with Gasteiger partial charge in [0.15, 0.2) is 0 Å². The molecule has 0 radical (unpaired) electrons. The molecular weight excluding hydrogens is 393 g/mol. The van der Waals surface area contributed by atoms with Gasteiger partial charge in [0.1, 0.15) is 0 Å². The van der Waals surface area contributed by atoms with Gasteiger partial charge >= 0.3 is 0 Å². The maximum Gasteiger partial charge on any atom is 0.233 e. The normalized spacial score (nSPS) is 12.0. The van der Waals surface area contributed by atoms with Crippen LogP contribution in [0.1, 0.15) is 18.9 Å². The Morgan fingerprint density at radius 1 is 1.12 bits per heavy atom. The number of hydrogen-bond acceptors (Lipinski definition) is 3. The first kappa shape index (κ1) is 20.5. The van der Waals surface area contributed by atoms with Crippen LogP contribution in [-0.2, 0) is 10.5 Å². The van der Waals surface area contributed by atoms with Gasteiger partial charge in [-0.3, -0.25) is 4.79 Å². The Morgan fingerprint density at radius 2 is 1.88 bits per heavy atom. The van der Waals surface area contributed by atoms with Crippen LogP contribution in [0, 0.1) is 0 Å². The molecule has 1 N–H and O–H groups in total. The molecule has 6 heteroatoms. The van der Waals surface area contributed by atoms with E-state index in [1.807, 2.05) is 49.4 Å². The molecule has 0 bridgehead atoms. The fraction of sp³-hybridized carbons (Fsp3) is 0.316. The van der Waals surface area contributed by atoms with Gasteiger partial charge in [-0.1, -0.05) is 42.3 Å². The molecule has 2 aromatic carbocycles. The predicted molar refractivity (Wildman–Crippen MR) is 112 cm³/mol. The van der Waals surface area contributed by atoms with Crippen LogP contribution in [0.3, 0.4) is 0 Å². The van der Waals surface area contributed by atoms with Crippen LogP contribution >= 0.6 is 46.7 Å². The SMILES string of the molecule is CC[C@H](Sc1ccc(Cl)cc1)C(=O)NCCSCc1cccc(Cl)c1. The van der Waals surface area contributed by atoms with E-state index in [1.54, 1.807) is 23.5 Å². The molecular formula is C19H21Cl2NOS2. The maximum absolute atomic E-state index is 12.3. The van der Waals surface area contributed by atoms with Crippen LogP contribution in [0.4, 0.5) is 0 Å². The zero-order chi connectivity index (χ0) is 18.1. The van der Waals surface area contributed by atoms with Gasteiger partial charge in [0.25, 0.3) is 0 Å². The van der Waals surface area contributed by atoms with Crippen molar-refractivity contribution in [1.29, 1.82) is 0 Å². The summed E-state index contributed by atoms with van der Waals surface area (Å²) in [5.74, 6) is 1.86. The van der Waals surface area contributed by atoms with Crippen molar-refractivity contribution in [2.75, 3.05) is 12.3 Å². The van der Waals surface area contributed by atoms with Gasteiger partial charge in [-0.15, -0.1) is 11.8 Å². The molecule has 134 valence electrons. The van der Waals surface area contributed by atoms with Crippen LogP contribution < -0.4 is 5.32 Å². The second-order valence-electron chi connectivity index (χ2n) is 5.44. The molecule has 0 fully saturated rings. The van der Waals surface area contributed by atoms with Gasteiger partial charge in [-0.2, -0.15) is 11.8 Å². The molecule has 25 heavy (non-hydrogen) atoms. The standard InChI is InChI=1S/C19H21Cl2NOS2/c1-2-18(25-17-8-6-15(20)7-9-17)19(23)22-10-11-24-13-14-4-3-5-16(21)12-14/h3-9,12,18H,2,10-11,13H2,1H3,(H,22,23)/t18-/m0/s1. The first-order chi connectivity index (χ1) is 12.1. The molecule has 0 saturated carbocycles. The third kappa shape index (κ3) is 7.53. The molecule has 2 aromatic rings. The minimum atomic E-state index is -0.0842. The van der Waals surface area contributed by atoms with E-state index >= 15 is 0 Å². The van der Waals surface area contributed by atoms with Crippen molar-refractivity contribution in [2.45, 2.75) is 29.2 Å². The average Bonchev–Trinajstić information content (AvgIpc) is 2.61. The van der Waals surface area contributed by atoms with Gasteiger partial charge in [-0.25, -0.2) is 0 Å². The Bertz CT molecular complexity index is 679. The Morgan fingerprint density at radius 3 is 2.56 bits per heavy atom. The van der Waals surface area contributed by atoms with E-state index in [-0.39, 0.29) is 11.2 Å². The Hall–Kier alpha value is -0.810. The van der Waals surface area contributed by atoms with E-state index in [0.29, 0.717) is 11.6 Å². The lowest BCUT2D eigenvalue weighted by molar-refractivity contribution is -0.120. The predicted octanol–water partition coefficient (Wildman–Crippen LogP) is 5.91. The minimum absolute atomic E-state index is 0.0842.